The van der Waals surface area contributed by atoms with Gasteiger partial charge in [-0.1, -0.05) is 17.2 Å². The number of hydrogen-bond donors (Lipinski definition) is 0. The van der Waals surface area contributed by atoms with E-state index in [0.717, 1.165) is 12.8 Å². The van der Waals surface area contributed by atoms with Crippen molar-refractivity contribution in [2.75, 3.05) is 13.1 Å². The number of sulfonamides is 1. The highest BCUT2D eigenvalue weighted by Crippen LogP contribution is 2.27. The molecule has 22 heavy (non-hydrogen) atoms. The number of aryl methyl sites for hydroxylation is 1. The molecule has 1 fully saturated rings. The quantitative estimate of drug-likeness (QED) is 0.816. The van der Waals surface area contributed by atoms with Crippen LogP contribution in [-0.2, 0) is 22.2 Å². The summed E-state index contributed by atoms with van der Waals surface area (Å²) in [6.45, 7) is 2.82. The predicted octanol–water partition coefficient (Wildman–Crippen LogP) is 1.33. The molecule has 1 aliphatic heterocycles. The third kappa shape index (κ3) is 3.20. The Labute approximate surface area is 128 Å². The number of rotatable bonds is 5. The second-order valence-electron chi connectivity index (χ2n) is 5.34. The van der Waals surface area contributed by atoms with Gasteiger partial charge >= 0.3 is 0 Å². The van der Waals surface area contributed by atoms with Crippen LogP contribution in [0.25, 0.3) is 0 Å². The Kier molecular flexibility index (Phi) is 4.25. The highest BCUT2D eigenvalue weighted by Gasteiger charge is 2.32. The molecule has 3 rings (SSSR count). The zero-order valence-electron chi connectivity index (χ0n) is 12.3. The molecule has 9 heteroatoms. The van der Waals surface area contributed by atoms with Gasteiger partial charge in [-0.25, -0.2) is 12.7 Å². The van der Waals surface area contributed by atoms with Crippen LogP contribution in [-0.4, -0.2) is 41.1 Å². The molecule has 1 aliphatic rings. The van der Waals surface area contributed by atoms with Crippen molar-refractivity contribution in [2.24, 2.45) is 0 Å². The summed E-state index contributed by atoms with van der Waals surface area (Å²) in [5.41, 5.74) is 0.412. The fourth-order valence-corrected chi connectivity index (χ4v) is 4.09. The minimum atomic E-state index is -3.42. The molecule has 120 valence electrons. The van der Waals surface area contributed by atoms with Crippen molar-refractivity contribution in [2.45, 2.75) is 37.9 Å². The van der Waals surface area contributed by atoms with Crippen molar-refractivity contribution >= 4 is 10.0 Å². The van der Waals surface area contributed by atoms with E-state index in [1.54, 1.807) is 6.07 Å². The van der Waals surface area contributed by atoms with Gasteiger partial charge in [0.2, 0.25) is 15.9 Å². The van der Waals surface area contributed by atoms with Crippen LogP contribution in [0, 0.1) is 0 Å². The topological polar surface area (TPSA) is 102 Å². The van der Waals surface area contributed by atoms with Crippen molar-refractivity contribution in [3.05, 3.63) is 29.7 Å². The van der Waals surface area contributed by atoms with Crippen LogP contribution in [0.2, 0.25) is 0 Å². The minimum Gasteiger partial charge on any atom is -0.364 e. The van der Waals surface area contributed by atoms with Crippen LogP contribution in [0.3, 0.4) is 0 Å². The Morgan fingerprint density at radius 1 is 1.41 bits per heavy atom. The van der Waals surface area contributed by atoms with Crippen molar-refractivity contribution < 1.29 is 17.5 Å². The van der Waals surface area contributed by atoms with Gasteiger partial charge in [-0.05, 0) is 12.8 Å². The summed E-state index contributed by atoms with van der Waals surface area (Å²) in [6, 6.07) is 1.56. The third-order valence-corrected chi connectivity index (χ3v) is 5.53. The smallest absolute Gasteiger partial charge is 0.226 e. The van der Waals surface area contributed by atoms with E-state index in [4.69, 9.17) is 4.52 Å². The average molecular weight is 326 g/mol. The van der Waals surface area contributed by atoms with E-state index in [0.29, 0.717) is 36.9 Å². The van der Waals surface area contributed by atoms with Gasteiger partial charge in [0.15, 0.2) is 5.82 Å². The van der Waals surface area contributed by atoms with Gasteiger partial charge in [0.05, 0.1) is 5.69 Å². The second kappa shape index (κ2) is 6.17. The van der Waals surface area contributed by atoms with E-state index in [1.807, 2.05) is 6.92 Å². The fraction of sp³-hybridized carbons (Fsp3) is 0.615. The number of piperidine rings is 1. The van der Waals surface area contributed by atoms with Crippen LogP contribution in [0.15, 0.2) is 21.4 Å². The van der Waals surface area contributed by atoms with Crippen LogP contribution in [0.5, 0.6) is 0 Å². The van der Waals surface area contributed by atoms with Gasteiger partial charge in [0.25, 0.3) is 0 Å². The Balaban J connectivity index is 1.72. The fourth-order valence-electron chi connectivity index (χ4n) is 2.57. The maximum absolute atomic E-state index is 12.5. The summed E-state index contributed by atoms with van der Waals surface area (Å²) in [7, 11) is -3.42. The third-order valence-electron chi connectivity index (χ3n) is 3.75. The highest BCUT2D eigenvalue weighted by atomic mass is 32.2. The lowest BCUT2D eigenvalue weighted by molar-refractivity contribution is 0.300. The van der Waals surface area contributed by atoms with Gasteiger partial charge in [0, 0.05) is 31.5 Å². The lowest BCUT2D eigenvalue weighted by atomic mass is 9.99. The van der Waals surface area contributed by atoms with Gasteiger partial charge in [-0.3, -0.25) is 0 Å². The number of hydrogen-bond acceptors (Lipinski definition) is 7. The first-order valence-electron chi connectivity index (χ1n) is 7.28. The lowest BCUT2D eigenvalue weighted by Crippen LogP contribution is -2.40. The van der Waals surface area contributed by atoms with Gasteiger partial charge in [-0.15, -0.1) is 0 Å². The SMILES string of the molecule is CCc1nc(C2CCCN(S(=O)(=O)Cc3ccon3)C2)no1. The molecule has 0 aliphatic carbocycles. The van der Waals surface area contributed by atoms with Crippen molar-refractivity contribution in [1.29, 1.82) is 0 Å². The van der Waals surface area contributed by atoms with Gasteiger partial charge < -0.3 is 9.05 Å². The molecule has 0 spiro atoms. The maximum Gasteiger partial charge on any atom is 0.226 e. The van der Waals surface area contributed by atoms with E-state index in [-0.39, 0.29) is 11.7 Å². The first-order chi connectivity index (χ1) is 10.6. The summed E-state index contributed by atoms with van der Waals surface area (Å²) in [5.74, 6) is 1.00. The summed E-state index contributed by atoms with van der Waals surface area (Å²) in [4.78, 5) is 4.32. The molecule has 0 amide bonds. The predicted molar refractivity (Wildman–Crippen MR) is 76.4 cm³/mol. The highest BCUT2D eigenvalue weighted by molar-refractivity contribution is 7.88. The van der Waals surface area contributed by atoms with E-state index in [1.165, 1.54) is 10.6 Å². The number of aromatic nitrogens is 3. The molecular weight excluding hydrogens is 308 g/mol. The Hall–Kier alpha value is -1.74. The van der Waals surface area contributed by atoms with Gasteiger partial charge in [-0.2, -0.15) is 4.98 Å². The molecule has 2 aromatic rings. The molecule has 1 unspecified atom stereocenters. The van der Waals surface area contributed by atoms with Gasteiger partial charge in [0.1, 0.15) is 12.0 Å². The van der Waals surface area contributed by atoms with E-state index in [2.05, 4.69) is 19.8 Å². The molecule has 0 bridgehead atoms. The molecule has 0 aromatic carbocycles. The standard InChI is InChI=1S/C13H18N4O4S/c1-2-12-14-13(16-21-12)10-4-3-6-17(8-10)22(18,19)9-11-5-7-20-15-11/h5,7,10H,2-4,6,8-9H2,1H3. The Morgan fingerprint density at radius 2 is 2.27 bits per heavy atom. The molecule has 0 saturated carbocycles. The molecule has 1 saturated heterocycles. The monoisotopic (exact) mass is 326 g/mol. The summed E-state index contributed by atoms with van der Waals surface area (Å²) in [6.07, 6.45) is 3.68. The maximum atomic E-state index is 12.5. The Bertz CT molecular complexity index is 710. The first-order valence-corrected chi connectivity index (χ1v) is 8.89. The van der Waals surface area contributed by atoms with Crippen LogP contribution >= 0.6 is 0 Å². The lowest BCUT2D eigenvalue weighted by Gasteiger charge is -2.30. The average Bonchev–Trinajstić information content (AvgIpc) is 3.18. The first kappa shape index (κ1) is 15.2. The molecule has 2 aromatic heterocycles. The van der Waals surface area contributed by atoms with Crippen molar-refractivity contribution in [3.63, 3.8) is 0 Å². The molecule has 0 radical (unpaired) electrons. The Morgan fingerprint density at radius 3 is 2.95 bits per heavy atom. The van der Waals surface area contributed by atoms with Crippen molar-refractivity contribution in [3.8, 4) is 0 Å². The van der Waals surface area contributed by atoms with Crippen LogP contribution in [0.4, 0.5) is 0 Å². The summed E-state index contributed by atoms with van der Waals surface area (Å²) < 4.78 is 36.2. The van der Waals surface area contributed by atoms with Crippen LogP contribution in [0.1, 0.15) is 43.1 Å². The van der Waals surface area contributed by atoms with E-state index < -0.39 is 10.0 Å². The zero-order chi connectivity index (χ0) is 15.6. The van der Waals surface area contributed by atoms with E-state index in [9.17, 15) is 8.42 Å². The largest absolute Gasteiger partial charge is 0.364 e. The van der Waals surface area contributed by atoms with E-state index >= 15 is 0 Å². The van der Waals surface area contributed by atoms with Crippen molar-refractivity contribution in [1.82, 2.24) is 19.6 Å². The molecule has 0 N–H and O–H groups in total. The molecule has 8 nitrogen and oxygen atoms in total. The summed E-state index contributed by atoms with van der Waals surface area (Å²) >= 11 is 0. The zero-order valence-corrected chi connectivity index (χ0v) is 13.1. The summed E-state index contributed by atoms with van der Waals surface area (Å²) in [5, 5.41) is 7.64. The normalized spacial score (nSPS) is 20.3. The molecule has 1 atom stereocenters. The second-order valence-corrected chi connectivity index (χ2v) is 7.31. The molecule has 3 heterocycles. The minimum absolute atomic E-state index is 0.0233. The molecular formula is C13H18N4O4S. The number of nitrogens with zero attached hydrogens (tertiary/aromatic N) is 4. The van der Waals surface area contributed by atoms with Crippen LogP contribution < -0.4 is 0 Å².